The van der Waals surface area contributed by atoms with Gasteiger partial charge in [0, 0.05) is 0 Å². The number of benzene rings is 1. The third-order valence-electron chi connectivity index (χ3n) is 2.69. The van der Waals surface area contributed by atoms with E-state index < -0.39 is 4.92 Å². The van der Waals surface area contributed by atoms with Crippen molar-refractivity contribution in [2.75, 3.05) is 0 Å². The van der Waals surface area contributed by atoms with Crippen molar-refractivity contribution in [1.29, 1.82) is 5.26 Å². The van der Waals surface area contributed by atoms with Crippen molar-refractivity contribution in [3.05, 3.63) is 57.4 Å². The molecule has 90 valence electrons. The topological polar surface area (TPSA) is 84.8 Å². The second-order valence-corrected chi connectivity index (χ2v) is 3.84. The van der Waals surface area contributed by atoms with Gasteiger partial charge >= 0.3 is 5.69 Å². The minimum Gasteiger partial charge on any atom is -0.258 e. The van der Waals surface area contributed by atoms with E-state index in [0.717, 1.165) is 5.56 Å². The van der Waals surface area contributed by atoms with Gasteiger partial charge < -0.3 is 0 Å². The van der Waals surface area contributed by atoms with Gasteiger partial charge in [-0.05, 0) is 24.6 Å². The smallest absolute Gasteiger partial charge is 0.258 e. The Bertz CT molecular complexity index is 623. The Labute approximate surface area is 103 Å². The van der Waals surface area contributed by atoms with Gasteiger partial charge in [-0.25, -0.2) is 0 Å². The molecule has 0 fully saturated rings. The van der Waals surface area contributed by atoms with Crippen LogP contribution in [0.25, 0.3) is 0 Å². The van der Waals surface area contributed by atoms with Gasteiger partial charge in [0.2, 0.25) is 0 Å². The molecule has 0 saturated heterocycles. The highest BCUT2D eigenvalue weighted by molar-refractivity contribution is 5.34. The van der Waals surface area contributed by atoms with Crippen molar-refractivity contribution in [1.82, 2.24) is 9.78 Å². The highest BCUT2D eigenvalue weighted by Crippen LogP contribution is 2.17. The van der Waals surface area contributed by atoms with E-state index in [4.69, 9.17) is 5.26 Å². The number of nitro groups is 1. The Morgan fingerprint density at radius 1 is 1.44 bits per heavy atom. The molecule has 0 aliphatic carbocycles. The fourth-order valence-corrected chi connectivity index (χ4v) is 1.63. The van der Waals surface area contributed by atoms with Crippen LogP contribution in [-0.4, -0.2) is 14.7 Å². The Hall–Kier alpha value is -2.68. The molecule has 18 heavy (non-hydrogen) atoms. The molecule has 0 amide bonds. The van der Waals surface area contributed by atoms with E-state index in [9.17, 15) is 10.1 Å². The molecule has 0 aliphatic rings. The summed E-state index contributed by atoms with van der Waals surface area (Å²) < 4.78 is 1.57. The van der Waals surface area contributed by atoms with E-state index in [1.54, 1.807) is 23.7 Å². The van der Waals surface area contributed by atoms with E-state index in [0.29, 0.717) is 17.8 Å². The van der Waals surface area contributed by atoms with Gasteiger partial charge in [-0.3, -0.25) is 14.8 Å². The summed E-state index contributed by atoms with van der Waals surface area (Å²) in [6, 6.07) is 9.08. The first-order valence-electron chi connectivity index (χ1n) is 5.27. The molecule has 0 saturated carbocycles. The lowest BCUT2D eigenvalue weighted by Gasteiger charge is -2.03. The summed E-state index contributed by atoms with van der Waals surface area (Å²) in [4.78, 5) is 10.2. The van der Waals surface area contributed by atoms with Crippen LogP contribution >= 0.6 is 0 Å². The highest BCUT2D eigenvalue weighted by atomic mass is 16.6. The average molecular weight is 242 g/mol. The lowest BCUT2D eigenvalue weighted by molar-refractivity contribution is -0.385. The van der Waals surface area contributed by atoms with Crippen molar-refractivity contribution < 1.29 is 4.92 Å². The number of hydrogen-bond donors (Lipinski definition) is 0. The predicted octanol–water partition coefficient (Wildman–Crippen LogP) is 2.02. The number of hydrogen-bond acceptors (Lipinski definition) is 4. The second kappa shape index (κ2) is 4.67. The molecule has 6 nitrogen and oxygen atoms in total. The van der Waals surface area contributed by atoms with Crippen LogP contribution in [0.2, 0.25) is 0 Å². The van der Waals surface area contributed by atoms with E-state index in [1.807, 2.05) is 18.2 Å². The number of nitriles is 1. The summed E-state index contributed by atoms with van der Waals surface area (Å²) in [7, 11) is 0. The largest absolute Gasteiger partial charge is 0.309 e. The fraction of sp³-hybridized carbons (Fsp3) is 0.167. The first-order chi connectivity index (χ1) is 8.61. The number of rotatable bonds is 3. The molecule has 2 rings (SSSR count). The first kappa shape index (κ1) is 11.8. The summed E-state index contributed by atoms with van der Waals surface area (Å²) in [5, 5.41) is 23.4. The van der Waals surface area contributed by atoms with Gasteiger partial charge in [-0.15, -0.1) is 0 Å². The zero-order valence-corrected chi connectivity index (χ0v) is 9.70. The van der Waals surface area contributed by atoms with Crippen molar-refractivity contribution in [2.24, 2.45) is 0 Å². The third-order valence-corrected chi connectivity index (χ3v) is 2.69. The molecule has 1 aromatic carbocycles. The van der Waals surface area contributed by atoms with E-state index >= 15 is 0 Å². The molecule has 0 radical (unpaired) electrons. The van der Waals surface area contributed by atoms with Gasteiger partial charge in [0.15, 0.2) is 0 Å². The zero-order valence-electron chi connectivity index (χ0n) is 9.70. The van der Waals surface area contributed by atoms with Crippen molar-refractivity contribution in [3.63, 3.8) is 0 Å². The zero-order chi connectivity index (χ0) is 13.1. The van der Waals surface area contributed by atoms with Gasteiger partial charge in [-0.1, -0.05) is 12.1 Å². The van der Waals surface area contributed by atoms with Crippen molar-refractivity contribution in [3.8, 4) is 6.07 Å². The number of aromatic nitrogens is 2. The Morgan fingerprint density at radius 2 is 2.11 bits per heavy atom. The van der Waals surface area contributed by atoms with E-state index in [1.165, 1.54) is 6.20 Å². The quantitative estimate of drug-likeness (QED) is 0.608. The monoisotopic (exact) mass is 242 g/mol. The van der Waals surface area contributed by atoms with Crippen LogP contribution in [0.5, 0.6) is 0 Å². The Balaban J connectivity index is 2.23. The van der Waals surface area contributed by atoms with Gasteiger partial charge in [0.05, 0.1) is 23.1 Å². The predicted molar refractivity (Wildman–Crippen MR) is 63.9 cm³/mol. The Morgan fingerprint density at radius 3 is 2.61 bits per heavy atom. The van der Waals surface area contributed by atoms with Crippen LogP contribution < -0.4 is 0 Å². The van der Waals surface area contributed by atoms with Gasteiger partial charge in [0.25, 0.3) is 0 Å². The van der Waals surface area contributed by atoms with Gasteiger partial charge in [-0.2, -0.15) is 10.4 Å². The number of nitrogens with zero attached hydrogens (tertiary/aromatic N) is 4. The molecule has 6 heteroatoms. The average Bonchev–Trinajstić information content (AvgIpc) is 2.72. The Kier molecular flexibility index (Phi) is 3.06. The van der Waals surface area contributed by atoms with E-state index in [-0.39, 0.29) is 5.69 Å². The van der Waals surface area contributed by atoms with Gasteiger partial charge in [0.1, 0.15) is 11.9 Å². The molecule has 0 unspecified atom stereocenters. The maximum atomic E-state index is 10.7. The molecule has 0 bridgehead atoms. The molecular formula is C12H10N4O2. The van der Waals surface area contributed by atoms with Crippen LogP contribution in [0.1, 0.15) is 16.8 Å². The summed E-state index contributed by atoms with van der Waals surface area (Å²) in [6.07, 6.45) is 1.25. The summed E-state index contributed by atoms with van der Waals surface area (Å²) in [5.74, 6) is 0. The minimum absolute atomic E-state index is 0.0173. The van der Waals surface area contributed by atoms with Crippen LogP contribution in [0.3, 0.4) is 0 Å². The molecule has 0 N–H and O–H groups in total. The normalized spacial score (nSPS) is 10.0. The molecule has 0 aliphatic heterocycles. The molecular weight excluding hydrogens is 232 g/mol. The first-order valence-corrected chi connectivity index (χ1v) is 5.27. The maximum Gasteiger partial charge on any atom is 0.309 e. The molecule has 0 spiro atoms. The summed E-state index contributed by atoms with van der Waals surface area (Å²) in [5.41, 5.74) is 2.06. The van der Waals surface area contributed by atoms with Crippen molar-refractivity contribution in [2.45, 2.75) is 13.5 Å². The minimum atomic E-state index is -0.447. The van der Waals surface area contributed by atoms with Crippen LogP contribution in [0.4, 0.5) is 5.69 Å². The molecule has 1 heterocycles. The second-order valence-electron chi connectivity index (χ2n) is 3.84. The fourth-order valence-electron chi connectivity index (χ4n) is 1.63. The third kappa shape index (κ3) is 2.20. The van der Waals surface area contributed by atoms with Crippen LogP contribution in [0, 0.1) is 28.4 Å². The lowest BCUT2D eigenvalue weighted by Crippen LogP contribution is -2.04. The van der Waals surface area contributed by atoms with E-state index in [2.05, 4.69) is 5.10 Å². The highest BCUT2D eigenvalue weighted by Gasteiger charge is 2.16. The molecule has 2 aromatic rings. The maximum absolute atomic E-state index is 10.7. The van der Waals surface area contributed by atoms with Crippen LogP contribution in [-0.2, 0) is 6.54 Å². The van der Waals surface area contributed by atoms with Crippen molar-refractivity contribution >= 4 is 5.69 Å². The summed E-state index contributed by atoms with van der Waals surface area (Å²) >= 11 is 0. The molecule has 0 atom stereocenters. The SMILES string of the molecule is Cc1c([N+](=O)[O-])cnn1Cc1ccc(C#N)cc1. The standard InChI is InChI=1S/C12H10N4O2/c1-9-12(16(17)18)7-14-15(9)8-11-4-2-10(6-13)3-5-11/h2-5,7H,8H2,1H3. The lowest BCUT2D eigenvalue weighted by atomic mass is 10.1. The van der Waals surface area contributed by atoms with Crippen LogP contribution in [0.15, 0.2) is 30.5 Å². The molecule has 1 aromatic heterocycles. The summed E-state index contributed by atoms with van der Waals surface area (Å²) in [6.45, 7) is 2.11.